The van der Waals surface area contributed by atoms with Gasteiger partial charge in [-0.05, 0) is 24.7 Å². The lowest BCUT2D eigenvalue weighted by atomic mass is 10.1. The quantitative estimate of drug-likeness (QED) is 0.815. The summed E-state index contributed by atoms with van der Waals surface area (Å²) in [4.78, 5) is 16.1. The van der Waals surface area contributed by atoms with E-state index >= 15 is 0 Å². The van der Waals surface area contributed by atoms with Crippen molar-refractivity contribution in [3.05, 3.63) is 0 Å². The van der Waals surface area contributed by atoms with Crippen molar-refractivity contribution in [3.63, 3.8) is 0 Å². The lowest BCUT2D eigenvalue weighted by Gasteiger charge is -2.14. The van der Waals surface area contributed by atoms with E-state index in [9.17, 15) is 18.0 Å². The highest BCUT2D eigenvalue weighted by Crippen LogP contribution is 2.36. The molecule has 2 amide bonds. The number of oxime groups is 1. The highest BCUT2D eigenvalue weighted by Gasteiger charge is 2.41. The fraction of sp³-hybridized carbons (Fsp3) is 0.833. The molecule has 114 valence electrons. The van der Waals surface area contributed by atoms with Crippen LogP contribution in [0.1, 0.15) is 26.2 Å². The molecule has 0 aromatic rings. The van der Waals surface area contributed by atoms with Gasteiger partial charge in [0.2, 0.25) is 0 Å². The summed E-state index contributed by atoms with van der Waals surface area (Å²) in [5, 5.41) is 8.19. The molecule has 1 fully saturated rings. The Labute approximate surface area is 114 Å². The van der Waals surface area contributed by atoms with E-state index in [4.69, 9.17) is 0 Å². The third-order valence-corrected chi connectivity index (χ3v) is 3.56. The molecule has 8 heteroatoms. The van der Waals surface area contributed by atoms with Crippen LogP contribution in [-0.4, -0.2) is 37.1 Å². The summed E-state index contributed by atoms with van der Waals surface area (Å²) in [6.45, 7) is 2.65. The van der Waals surface area contributed by atoms with Gasteiger partial charge in [0.25, 0.3) is 0 Å². The fourth-order valence-electron chi connectivity index (χ4n) is 2.06. The number of rotatable bonds is 5. The van der Waals surface area contributed by atoms with Crippen molar-refractivity contribution in [2.45, 2.75) is 38.5 Å². The van der Waals surface area contributed by atoms with Gasteiger partial charge in [0.15, 0.2) is 11.8 Å². The second-order valence-corrected chi connectivity index (χ2v) is 5.37. The van der Waals surface area contributed by atoms with Crippen molar-refractivity contribution in [2.24, 2.45) is 17.0 Å². The van der Waals surface area contributed by atoms with Gasteiger partial charge in [-0.25, -0.2) is 4.79 Å². The summed E-state index contributed by atoms with van der Waals surface area (Å²) in [6, 6.07) is -0.387. The molecule has 20 heavy (non-hydrogen) atoms. The molecule has 0 saturated heterocycles. The van der Waals surface area contributed by atoms with E-state index in [2.05, 4.69) is 27.6 Å². The lowest BCUT2D eigenvalue weighted by molar-refractivity contribution is -0.0604. The first-order valence-electron chi connectivity index (χ1n) is 6.68. The average Bonchev–Trinajstić information content (AvgIpc) is 3.10. The molecule has 1 heterocycles. The number of alkyl halides is 3. The number of nitrogens with zero attached hydrogens (tertiary/aromatic N) is 1. The van der Waals surface area contributed by atoms with Crippen LogP contribution >= 0.6 is 0 Å². The monoisotopic (exact) mass is 293 g/mol. The van der Waals surface area contributed by atoms with Crippen LogP contribution in [0.5, 0.6) is 0 Å². The number of carbonyl (C=O) groups excluding carboxylic acids is 1. The number of hydrogen-bond donors (Lipinski definition) is 2. The van der Waals surface area contributed by atoms with Gasteiger partial charge in [-0.15, -0.1) is 0 Å². The van der Waals surface area contributed by atoms with Crippen LogP contribution in [-0.2, 0) is 4.84 Å². The Morgan fingerprint density at radius 3 is 2.70 bits per heavy atom. The first-order chi connectivity index (χ1) is 9.36. The molecular weight excluding hydrogens is 275 g/mol. The standard InChI is InChI=1S/C12H18F3N3O2/c1-7(8-2-3-8)5-16-11(19)17-6-9-4-10(18-20-9)12(13,14)15/h7-9H,2-6H2,1H3,(H2,16,17,19). The predicted molar refractivity (Wildman–Crippen MR) is 66.3 cm³/mol. The number of halogens is 3. The summed E-state index contributed by atoms with van der Waals surface area (Å²) in [5.74, 6) is 1.12. The largest absolute Gasteiger partial charge is 0.432 e. The molecule has 5 nitrogen and oxygen atoms in total. The van der Waals surface area contributed by atoms with Crippen LogP contribution in [0.4, 0.5) is 18.0 Å². The van der Waals surface area contributed by atoms with Gasteiger partial charge in [-0.3, -0.25) is 0 Å². The second kappa shape index (κ2) is 5.88. The maximum absolute atomic E-state index is 12.3. The van der Waals surface area contributed by atoms with E-state index in [1.807, 2.05) is 0 Å². The second-order valence-electron chi connectivity index (χ2n) is 5.37. The molecule has 0 spiro atoms. The van der Waals surface area contributed by atoms with E-state index in [0.717, 1.165) is 0 Å². The van der Waals surface area contributed by atoms with Gasteiger partial charge >= 0.3 is 12.2 Å². The third kappa shape index (κ3) is 4.28. The van der Waals surface area contributed by atoms with Gasteiger partial charge in [-0.1, -0.05) is 12.1 Å². The topological polar surface area (TPSA) is 62.7 Å². The molecule has 2 aliphatic rings. The summed E-state index contributed by atoms with van der Waals surface area (Å²) in [6.07, 6.45) is -3.13. The molecule has 0 aromatic carbocycles. The van der Waals surface area contributed by atoms with E-state index < -0.39 is 18.0 Å². The number of carbonyl (C=O) groups is 1. The molecule has 1 aliphatic heterocycles. The molecule has 1 aliphatic carbocycles. The highest BCUT2D eigenvalue weighted by molar-refractivity contribution is 5.90. The highest BCUT2D eigenvalue weighted by atomic mass is 19.4. The first-order valence-corrected chi connectivity index (χ1v) is 6.68. The minimum absolute atomic E-state index is 0.00667. The molecule has 0 radical (unpaired) electrons. The maximum Gasteiger partial charge on any atom is 0.432 e. The van der Waals surface area contributed by atoms with Crippen molar-refractivity contribution in [1.82, 2.24) is 10.6 Å². The van der Waals surface area contributed by atoms with E-state index in [0.29, 0.717) is 18.4 Å². The van der Waals surface area contributed by atoms with Crippen LogP contribution < -0.4 is 10.6 Å². The Bertz CT molecular complexity index is 394. The van der Waals surface area contributed by atoms with Gasteiger partial charge in [0.05, 0.1) is 6.54 Å². The average molecular weight is 293 g/mol. The minimum atomic E-state index is -4.46. The molecule has 2 rings (SSSR count). The molecule has 2 N–H and O–H groups in total. The Balaban J connectivity index is 1.60. The van der Waals surface area contributed by atoms with Crippen molar-refractivity contribution < 1.29 is 22.8 Å². The molecule has 0 bridgehead atoms. The lowest BCUT2D eigenvalue weighted by Crippen LogP contribution is -2.41. The molecule has 2 unspecified atom stereocenters. The number of nitrogens with one attached hydrogen (secondary N) is 2. The van der Waals surface area contributed by atoms with Crippen LogP contribution in [0.15, 0.2) is 5.16 Å². The number of hydrogen-bond acceptors (Lipinski definition) is 3. The van der Waals surface area contributed by atoms with Crippen molar-refractivity contribution in [1.29, 1.82) is 0 Å². The van der Waals surface area contributed by atoms with Crippen LogP contribution in [0.2, 0.25) is 0 Å². The Morgan fingerprint density at radius 1 is 1.45 bits per heavy atom. The Morgan fingerprint density at radius 2 is 2.15 bits per heavy atom. The first kappa shape index (κ1) is 14.9. The zero-order valence-corrected chi connectivity index (χ0v) is 11.2. The summed E-state index contributed by atoms with van der Waals surface area (Å²) in [7, 11) is 0. The maximum atomic E-state index is 12.3. The summed E-state index contributed by atoms with van der Waals surface area (Å²) < 4.78 is 36.9. The van der Waals surface area contributed by atoms with Gasteiger partial charge in [-0.2, -0.15) is 13.2 Å². The Kier molecular flexibility index (Phi) is 4.39. The predicted octanol–water partition coefficient (Wildman–Crippen LogP) is 2.04. The minimum Gasteiger partial charge on any atom is -0.390 e. The van der Waals surface area contributed by atoms with Gasteiger partial charge < -0.3 is 15.5 Å². The normalized spacial score (nSPS) is 23.8. The number of urea groups is 1. The van der Waals surface area contributed by atoms with Crippen molar-refractivity contribution in [3.8, 4) is 0 Å². The van der Waals surface area contributed by atoms with E-state index in [-0.39, 0.29) is 19.0 Å². The van der Waals surface area contributed by atoms with E-state index in [1.54, 1.807) is 0 Å². The zero-order valence-electron chi connectivity index (χ0n) is 11.2. The SMILES string of the molecule is CC(CNC(=O)NCC1CC(C(F)(F)F)=NO1)C1CC1. The Hall–Kier alpha value is -1.47. The van der Waals surface area contributed by atoms with Crippen LogP contribution in [0, 0.1) is 11.8 Å². The van der Waals surface area contributed by atoms with Crippen molar-refractivity contribution >= 4 is 11.7 Å². The summed E-state index contributed by atoms with van der Waals surface area (Å²) in [5.41, 5.74) is -0.938. The van der Waals surface area contributed by atoms with Crippen molar-refractivity contribution in [2.75, 3.05) is 13.1 Å². The number of amides is 2. The van der Waals surface area contributed by atoms with Gasteiger partial charge in [0, 0.05) is 13.0 Å². The van der Waals surface area contributed by atoms with Gasteiger partial charge in [0.1, 0.15) is 0 Å². The molecular formula is C12H18F3N3O2. The van der Waals surface area contributed by atoms with Crippen LogP contribution in [0.3, 0.4) is 0 Å². The smallest absolute Gasteiger partial charge is 0.390 e. The molecule has 2 atom stereocenters. The fourth-order valence-corrected chi connectivity index (χ4v) is 2.06. The molecule has 1 saturated carbocycles. The summed E-state index contributed by atoms with van der Waals surface area (Å²) >= 11 is 0. The van der Waals surface area contributed by atoms with Crippen LogP contribution in [0.25, 0.3) is 0 Å². The molecule has 0 aromatic heterocycles. The zero-order chi connectivity index (χ0) is 14.8. The van der Waals surface area contributed by atoms with E-state index in [1.165, 1.54) is 12.8 Å². The third-order valence-electron chi connectivity index (χ3n) is 3.56.